The highest BCUT2D eigenvalue weighted by Crippen LogP contribution is 2.33. The molecule has 3 heterocycles. The molecule has 1 N–H and O–H groups in total. The molecule has 0 aliphatic carbocycles. The standard InChI is InChI=1S/C26H32N4OS/c1-19(25(31)27-21-11-13-22(14-12-21)29-15-5-2-6-16-29)30-17-7-8-20(18-30)26-28-23-9-3-4-10-24(23)32-26/h3-4,9-14,19-20H,2,5-8,15-18H2,1H3,(H,27,31)/t19-,20-/m1/s1. The lowest BCUT2D eigenvalue weighted by molar-refractivity contribution is -0.121. The fourth-order valence-electron chi connectivity index (χ4n) is 4.94. The highest BCUT2D eigenvalue weighted by molar-refractivity contribution is 7.18. The van der Waals surface area contributed by atoms with Gasteiger partial charge in [-0.3, -0.25) is 9.69 Å². The van der Waals surface area contributed by atoms with Gasteiger partial charge in [0.05, 0.1) is 21.3 Å². The molecule has 32 heavy (non-hydrogen) atoms. The van der Waals surface area contributed by atoms with Gasteiger partial charge in [-0.05, 0) is 82.0 Å². The number of hydrogen-bond acceptors (Lipinski definition) is 5. The zero-order valence-corrected chi connectivity index (χ0v) is 19.6. The summed E-state index contributed by atoms with van der Waals surface area (Å²) in [7, 11) is 0. The molecule has 5 nitrogen and oxygen atoms in total. The lowest BCUT2D eigenvalue weighted by atomic mass is 9.97. The third-order valence-electron chi connectivity index (χ3n) is 6.90. The van der Waals surface area contributed by atoms with E-state index in [4.69, 9.17) is 4.98 Å². The largest absolute Gasteiger partial charge is 0.372 e. The average molecular weight is 449 g/mol. The fraction of sp³-hybridized carbons (Fsp3) is 0.462. The van der Waals surface area contributed by atoms with Crippen molar-refractivity contribution in [3.05, 3.63) is 53.5 Å². The second kappa shape index (κ2) is 9.59. The van der Waals surface area contributed by atoms with Crippen LogP contribution in [0.4, 0.5) is 11.4 Å². The van der Waals surface area contributed by atoms with Crippen LogP contribution in [0.15, 0.2) is 48.5 Å². The summed E-state index contributed by atoms with van der Waals surface area (Å²) in [5.74, 6) is 0.473. The number of nitrogens with zero attached hydrogens (tertiary/aromatic N) is 3. The number of anilines is 2. The molecule has 5 rings (SSSR count). The van der Waals surface area contributed by atoms with Gasteiger partial charge in [0, 0.05) is 36.9 Å². The van der Waals surface area contributed by atoms with Crippen molar-refractivity contribution < 1.29 is 4.79 Å². The molecular formula is C26H32N4OS. The summed E-state index contributed by atoms with van der Waals surface area (Å²) in [6, 6.07) is 16.5. The van der Waals surface area contributed by atoms with E-state index in [0.29, 0.717) is 5.92 Å². The van der Waals surface area contributed by atoms with Gasteiger partial charge in [-0.15, -0.1) is 11.3 Å². The Bertz CT molecular complexity index is 1020. The Morgan fingerprint density at radius 2 is 1.81 bits per heavy atom. The highest BCUT2D eigenvalue weighted by Gasteiger charge is 2.29. The summed E-state index contributed by atoms with van der Waals surface area (Å²) < 4.78 is 1.25. The number of para-hydroxylation sites is 1. The van der Waals surface area contributed by atoms with Gasteiger partial charge >= 0.3 is 0 Å². The first-order valence-corrected chi connectivity index (χ1v) is 12.7. The summed E-state index contributed by atoms with van der Waals surface area (Å²) in [4.78, 5) is 22.6. The number of carbonyl (C=O) groups is 1. The van der Waals surface area contributed by atoms with E-state index in [9.17, 15) is 4.79 Å². The topological polar surface area (TPSA) is 48.5 Å². The normalized spacial score (nSPS) is 20.9. The second-order valence-electron chi connectivity index (χ2n) is 9.11. The first-order chi connectivity index (χ1) is 15.7. The number of aromatic nitrogens is 1. The first-order valence-electron chi connectivity index (χ1n) is 11.9. The molecule has 0 unspecified atom stereocenters. The molecule has 0 bridgehead atoms. The van der Waals surface area contributed by atoms with Crippen LogP contribution in [0.1, 0.15) is 50.0 Å². The Morgan fingerprint density at radius 3 is 2.59 bits per heavy atom. The summed E-state index contributed by atoms with van der Waals surface area (Å²) in [6.07, 6.45) is 6.11. The molecular weight excluding hydrogens is 416 g/mol. The molecule has 1 aromatic heterocycles. The SMILES string of the molecule is C[C@H](C(=O)Nc1ccc(N2CCCCC2)cc1)N1CCC[C@@H](c2nc3ccccc3s2)C1. The molecule has 2 aliphatic heterocycles. The lowest BCUT2D eigenvalue weighted by Gasteiger charge is -2.35. The number of rotatable bonds is 5. The maximum atomic E-state index is 13.0. The van der Waals surface area contributed by atoms with Crippen LogP contribution in [0, 0.1) is 0 Å². The van der Waals surface area contributed by atoms with E-state index in [1.54, 1.807) is 11.3 Å². The van der Waals surface area contributed by atoms with Crippen molar-refractivity contribution in [2.24, 2.45) is 0 Å². The number of hydrogen-bond donors (Lipinski definition) is 1. The molecule has 0 spiro atoms. The van der Waals surface area contributed by atoms with E-state index in [2.05, 4.69) is 45.4 Å². The van der Waals surface area contributed by atoms with E-state index >= 15 is 0 Å². The number of nitrogens with one attached hydrogen (secondary N) is 1. The van der Waals surface area contributed by atoms with Gasteiger partial charge in [-0.1, -0.05) is 12.1 Å². The Labute approximate surface area is 194 Å². The zero-order chi connectivity index (χ0) is 21.9. The molecule has 2 aliphatic rings. The number of carbonyl (C=O) groups excluding carboxylic acids is 1. The van der Waals surface area contributed by atoms with Crippen molar-refractivity contribution in [1.82, 2.24) is 9.88 Å². The summed E-state index contributed by atoms with van der Waals surface area (Å²) in [5.41, 5.74) is 3.22. The first kappa shape index (κ1) is 21.4. The van der Waals surface area contributed by atoms with Crippen LogP contribution in [0.25, 0.3) is 10.2 Å². The van der Waals surface area contributed by atoms with Crippen LogP contribution >= 0.6 is 11.3 Å². The lowest BCUT2D eigenvalue weighted by Crippen LogP contribution is -2.46. The molecule has 0 saturated carbocycles. The van der Waals surface area contributed by atoms with Crippen LogP contribution in [0.2, 0.25) is 0 Å². The number of amides is 1. The van der Waals surface area contributed by atoms with Crippen molar-refractivity contribution in [1.29, 1.82) is 0 Å². The van der Waals surface area contributed by atoms with Gasteiger partial charge in [-0.2, -0.15) is 0 Å². The molecule has 0 radical (unpaired) electrons. The molecule has 6 heteroatoms. The van der Waals surface area contributed by atoms with Crippen molar-refractivity contribution >= 4 is 38.8 Å². The molecule has 168 valence electrons. The molecule has 3 aromatic rings. The van der Waals surface area contributed by atoms with Crippen molar-refractivity contribution in [3.63, 3.8) is 0 Å². The predicted molar refractivity (Wildman–Crippen MR) is 134 cm³/mol. The van der Waals surface area contributed by atoms with Gasteiger partial charge < -0.3 is 10.2 Å². The van der Waals surface area contributed by atoms with E-state index in [1.807, 2.05) is 25.1 Å². The van der Waals surface area contributed by atoms with Crippen LogP contribution in [0.5, 0.6) is 0 Å². The third kappa shape index (κ3) is 4.66. The van der Waals surface area contributed by atoms with Crippen molar-refractivity contribution in [3.8, 4) is 0 Å². The van der Waals surface area contributed by atoms with E-state index in [0.717, 1.165) is 50.2 Å². The minimum atomic E-state index is -0.158. The van der Waals surface area contributed by atoms with Gasteiger partial charge in [0.1, 0.15) is 0 Å². The smallest absolute Gasteiger partial charge is 0.241 e. The highest BCUT2D eigenvalue weighted by atomic mass is 32.1. The Morgan fingerprint density at radius 1 is 1.03 bits per heavy atom. The van der Waals surface area contributed by atoms with Gasteiger partial charge in [0.2, 0.25) is 5.91 Å². The second-order valence-corrected chi connectivity index (χ2v) is 10.2. The molecule has 2 saturated heterocycles. The minimum Gasteiger partial charge on any atom is -0.372 e. The van der Waals surface area contributed by atoms with Gasteiger partial charge in [-0.25, -0.2) is 4.98 Å². The van der Waals surface area contributed by atoms with E-state index in [-0.39, 0.29) is 11.9 Å². The van der Waals surface area contributed by atoms with Crippen LogP contribution < -0.4 is 10.2 Å². The Balaban J connectivity index is 1.20. The monoisotopic (exact) mass is 448 g/mol. The minimum absolute atomic E-state index is 0.0701. The Hall–Kier alpha value is -2.44. The van der Waals surface area contributed by atoms with Gasteiger partial charge in [0.15, 0.2) is 0 Å². The molecule has 2 fully saturated rings. The average Bonchev–Trinajstić information content (AvgIpc) is 3.29. The summed E-state index contributed by atoms with van der Waals surface area (Å²) >= 11 is 1.80. The van der Waals surface area contributed by atoms with Crippen LogP contribution in [-0.2, 0) is 4.79 Å². The van der Waals surface area contributed by atoms with E-state index in [1.165, 1.54) is 34.7 Å². The van der Waals surface area contributed by atoms with Crippen LogP contribution in [0.3, 0.4) is 0 Å². The molecule has 2 aromatic carbocycles. The maximum absolute atomic E-state index is 13.0. The fourth-order valence-corrected chi connectivity index (χ4v) is 6.04. The predicted octanol–water partition coefficient (Wildman–Crippen LogP) is 5.49. The number of fused-ring (bicyclic) bond motifs is 1. The number of thiazole rings is 1. The molecule has 2 atom stereocenters. The van der Waals surface area contributed by atoms with Crippen molar-refractivity contribution in [2.75, 3.05) is 36.4 Å². The van der Waals surface area contributed by atoms with Crippen molar-refractivity contribution in [2.45, 2.75) is 51.0 Å². The Kier molecular flexibility index (Phi) is 6.42. The summed E-state index contributed by atoms with van der Waals surface area (Å²) in [5, 5.41) is 4.34. The number of piperidine rings is 2. The summed E-state index contributed by atoms with van der Waals surface area (Å²) in [6.45, 7) is 6.14. The number of benzene rings is 2. The van der Waals surface area contributed by atoms with Crippen LogP contribution in [-0.4, -0.2) is 48.0 Å². The van der Waals surface area contributed by atoms with E-state index < -0.39 is 0 Å². The van der Waals surface area contributed by atoms with Gasteiger partial charge in [0.25, 0.3) is 0 Å². The maximum Gasteiger partial charge on any atom is 0.241 e. The quantitative estimate of drug-likeness (QED) is 0.560. The third-order valence-corrected chi connectivity index (χ3v) is 8.09. The number of likely N-dealkylation sites (tertiary alicyclic amines) is 1. The molecule has 1 amide bonds. The zero-order valence-electron chi connectivity index (χ0n) is 18.8.